The summed E-state index contributed by atoms with van der Waals surface area (Å²) in [5.41, 5.74) is 0.766. The van der Waals surface area contributed by atoms with Crippen LogP contribution >= 0.6 is 11.6 Å². The van der Waals surface area contributed by atoms with E-state index in [4.69, 9.17) is 11.6 Å². The van der Waals surface area contributed by atoms with Gasteiger partial charge >= 0.3 is 0 Å². The summed E-state index contributed by atoms with van der Waals surface area (Å²) in [4.78, 5) is 18.9. The van der Waals surface area contributed by atoms with E-state index < -0.39 is 16.1 Å². The third-order valence-electron chi connectivity index (χ3n) is 5.34. The van der Waals surface area contributed by atoms with E-state index in [1.165, 1.54) is 10.5 Å². The van der Waals surface area contributed by atoms with Gasteiger partial charge in [-0.25, -0.2) is 13.4 Å². The standard InChI is InChI=1S/C20H23ClN4O3S/c21-15-5-4-6-16(13-15)25-12-9-18(20(25)26)23-19-8-7-17(14-22-19)29(27,28)24-10-2-1-3-11-24/h4-8,13-14,18H,1-3,9-12H2,(H,22,23). The van der Waals surface area contributed by atoms with Gasteiger partial charge < -0.3 is 10.2 Å². The maximum atomic E-state index is 12.7. The predicted molar refractivity (Wildman–Crippen MR) is 113 cm³/mol. The minimum Gasteiger partial charge on any atom is -0.358 e. The van der Waals surface area contributed by atoms with Gasteiger partial charge in [-0.1, -0.05) is 24.1 Å². The number of hydrogen-bond acceptors (Lipinski definition) is 5. The van der Waals surface area contributed by atoms with Crippen LogP contribution in [0.2, 0.25) is 5.02 Å². The lowest BCUT2D eigenvalue weighted by Gasteiger charge is -2.25. The predicted octanol–water partition coefficient (Wildman–Crippen LogP) is 3.13. The zero-order valence-corrected chi connectivity index (χ0v) is 17.5. The van der Waals surface area contributed by atoms with Crippen molar-refractivity contribution in [3.05, 3.63) is 47.6 Å². The number of anilines is 2. The third-order valence-corrected chi connectivity index (χ3v) is 7.45. The van der Waals surface area contributed by atoms with Gasteiger partial charge in [-0.05, 0) is 49.6 Å². The number of hydrogen-bond donors (Lipinski definition) is 1. The number of aromatic nitrogens is 1. The molecule has 2 aliphatic heterocycles. The van der Waals surface area contributed by atoms with Crippen LogP contribution in [0.1, 0.15) is 25.7 Å². The molecule has 1 unspecified atom stereocenters. The molecule has 3 heterocycles. The van der Waals surface area contributed by atoms with Crippen molar-refractivity contribution in [2.24, 2.45) is 0 Å². The Balaban J connectivity index is 1.43. The van der Waals surface area contributed by atoms with Crippen molar-refractivity contribution in [2.75, 3.05) is 29.9 Å². The number of pyridine rings is 1. The zero-order valence-electron chi connectivity index (χ0n) is 15.9. The molecule has 0 saturated carbocycles. The molecule has 1 N–H and O–H groups in total. The Bertz CT molecular complexity index is 991. The molecule has 0 spiro atoms. The summed E-state index contributed by atoms with van der Waals surface area (Å²) >= 11 is 6.03. The Morgan fingerprint density at radius 2 is 1.86 bits per heavy atom. The van der Waals surface area contributed by atoms with Crippen LogP contribution in [-0.4, -0.2) is 49.3 Å². The summed E-state index contributed by atoms with van der Waals surface area (Å²) in [5.74, 6) is 0.424. The van der Waals surface area contributed by atoms with Crippen LogP contribution in [0.5, 0.6) is 0 Å². The fraction of sp³-hybridized carbons (Fsp3) is 0.400. The first-order chi connectivity index (χ1) is 13.9. The highest BCUT2D eigenvalue weighted by Gasteiger charge is 2.33. The lowest BCUT2D eigenvalue weighted by atomic mass is 10.2. The summed E-state index contributed by atoms with van der Waals surface area (Å²) in [5, 5.41) is 3.70. The van der Waals surface area contributed by atoms with Gasteiger partial charge in [-0.2, -0.15) is 4.31 Å². The van der Waals surface area contributed by atoms with Gasteiger partial charge in [0.05, 0.1) is 0 Å². The van der Waals surface area contributed by atoms with Crippen molar-refractivity contribution in [1.82, 2.24) is 9.29 Å². The fourth-order valence-electron chi connectivity index (χ4n) is 3.77. The molecule has 0 aliphatic carbocycles. The van der Waals surface area contributed by atoms with Crippen molar-refractivity contribution in [2.45, 2.75) is 36.6 Å². The molecule has 1 aromatic carbocycles. The van der Waals surface area contributed by atoms with Crippen LogP contribution in [0.15, 0.2) is 47.5 Å². The Hall–Kier alpha value is -2.16. The van der Waals surface area contributed by atoms with Crippen molar-refractivity contribution < 1.29 is 13.2 Å². The number of halogens is 1. The summed E-state index contributed by atoms with van der Waals surface area (Å²) in [6, 6.07) is 9.95. The molecule has 0 radical (unpaired) electrons. The van der Waals surface area contributed by atoms with Crippen LogP contribution in [0.3, 0.4) is 0 Å². The third kappa shape index (κ3) is 4.24. The minimum atomic E-state index is -3.51. The van der Waals surface area contributed by atoms with Crippen LogP contribution in [0, 0.1) is 0 Å². The number of rotatable bonds is 5. The molecule has 1 atom stereocenters. The summed E-state index contributed by atoms with van der Waals surface area (Å²) in [7, 11) is -3.51. The molecular weight excluding hydrogens is 412 g/mol. The molecule has 7 nitrogen and oxygen atoms in total. The number of nitrogens with one attached hydrogen (secondary N) is 1. The number of nitrogens with zero attached hydrogens (tertiary/aromatic N) is 3. The molecule has 2 aliphatic rings. The number of piperidine rings is 1. The number of benzene rings is 1. The maximum absolute atomic E-state index is 12.7. The van der Waals surface area contributed by atoms with E-state index in [2.05, 4.69) is 10.3 Å². The van der Waals surface area contributed by atoms with Gasteiger partial charge in [-0.15, -0.1) is 0 Å². The van der Waals surface area contributed by atoms with E-state index >= 15 is 0 Å². The normalized spacial score (nSPS) is 20.8. The fourth-order valence-corrected chi connectivity index (χ4v) is 5.41. The summed E-state index contributed by atoms with van der Waals surface area (Å²) in [6.45, 7) is 1.69. The highest BCUT2D eigenvalue weighted by atomic mass is 35.5. The molecular formula is C20H23ClN4O3S. The SMILES string of the molecule is O=C1C(Nc2ccc(S(=O)(=O)N3CCCCC3)cn2)CCN1c1cccc(Cl)c1. The van der Waals surface area contributed by atoms with Crippen LogP contribution in [0.25, 0.3) is 0 Å². The highest BCUT2D eigenvalue weighted by Crippen LogP contribution is 2.26. The second-order valence-corrected chi connectivity index (χ2v) is 9.67. The molecule has 2 fully saturated rings. The van der Waals surface area contributed by atoms with Crippen LogP contribution < -0.4 is 10.2 Å². The van der Waals surface area contributed by atoms with Crippen LogP contribution in [0.4, 0.5) is 11.5 Å². The summed E-state index contributed by atoms with van der Waals surface area (Å²) in [6.07, 6.45) is 4.83. The maximum Gasteiger partial charge on any atom is 0.249 e. The topological polar surface area (TPSA) is 82.6 Å². The van der Waals surface area contributed by atoms with E-state index in [0.717, 1.165) is 24.9 Å². The smallest absolute Gasteiger partial charge is 0.249 e. The minimum absolute atomic E-state index is 0.0564. The lowest BCUT2D eigenvalue weighted by molar-refractivity contribution is -0.117. The molecule has 2 aromatic rings. The van der Waals surface area contributed by atoms with Crippen LogP contribution in [-0.2, 0) is 14.8 Å². The second kappa shape index (κ2) is 8.30. The first-order valence-electron chi connectivity index (χ1n) is 9.75. The van der Waals surface area contributed by atoms with Gasteiger partial charge in [0, 0.05) is 36.5 Å². The van der Waals surface area contributed by atoms with E-state index in [-0.39, 0.29) is 10.8 Å². The van der Waals surface area contributed by atoms with E-state index in [9.17, 15) is 13.2 Å². The van der Waals surface area contributed by atoms with Crippen molar-refractivity contribution in [3.8, 4) is 0 Å². The average Bonchev–Trinajstić information content (AvgIpc) is 3.09. The number of amides is 1. The molecule has 1 aromatic heterocycles. The van der Waals surface area contributed by atoms with Crippen molar-refractivity contribution >= 4 is 39.0 Å². The van der Waals surface area contributed by atoms with Crippen molar-refractivity contribution in [1.29, 1.82) is 0 Å². The van der Waals surface area contributed by atoms with E-state index in [1.807, 2.05) is 12.1 Å². The van der Waals surface area contributed by atoms with Gasteiger partial charge in [0.2, 0.25) is 15.9 Å². The molecule has 4 rings (SSSR count). The number of carbonyl (C=O) groups excluding carboxylic acids is 1. The molecule has 29 heavy (non-hydrogen) atoms. The zero-order chi connectivity index (χ0) is 20.4. The second-order valence-electron chi connectivity index (χ2n) is 7.30. The highest BCUT2D eigenvalue weighted by molar-refractivity contribution is 7.89. The van der Waals surface area contributed by atoms with Gasteiger partial charge in [0.25, 0.3) is 0 Å². The Morgan fingerprint density at radius 1 is 1.07 bits per heavy atom. The summed E-state index contributed by atoms with van der Waals surface area (Å²) < 4.78 is 27.0. The molecule has 9 heteroatoms. The lowest BCUT2D eigenvalue weighted by Crippen LogP contribution is -2.35. The average molecular weight is 435 g/mol. The Morgan fingerprint density at radius 3 is 2.55 bits per heavy atom. The Labute approximate surface area is 175 Å². The largest absolute Gasteiger partial charge is 0.358 e. The number of carbonyl (C=O) groups is 1. The quantitative estimate of drug-likeness (QED) is 0.781. The van der Waals surface area contributed by atoms with E-state index in [0.29, 0.717) is 36.9 Å². The molecule has 0 bridgehead atoms. The first kappa shape index (κ1) is 20.1. The van der Waals surface area contributed by atoms with E-state index in [1.54, 1.807) is 29.2 Å². The molecule has 154 valence electrons. The first-order valence-corrected chi connectivity index (χ1v) is 11.6. The number of sulfonamides is 1. The van der Waals surface area contributed by atoms with Gasteiger partial charge in [0.1, 0.15) is 16.8 Å². The van der Waals surface area contributed by atoms with Crippen molar-refractivity contribution in [3.63, 3.8) is 0 Å². The molecule has 1 amide bonds. The van der Waals surface area contributed by atoms with Gasteiger partial charge in [-0.3, -0.25) is 4.79 Å². The monoisotopic (exact) mass is 434 g/mol. The molecule has 2 saturated heterocycles. The Kier molecular flexibility index (Phi) is 5.76. The van der Waals surface area contributed by atoms with Gasteiger partial charge in [0.15, 0.2) is 0 Å².